The van der Waals surface area contributed by atoms with Crippen LogP contribution in [0.25, 0.3) is 0 Å². The van der Waals surface area contributed by atoms with Crippen LogP contribution in [0.2, 0.25) is 0 Å². The smallest absolute Gasteiger partial charge is 0.410 e. The van der Waals surface area contributed by atoms with Crippen molar-refractivity contribution >= 4 is 6.09 Å². The fraction of sp³-hybridized carbons (Fsp3) is 0.667. The minimum Gasteiger partial charge on any atom is -0.444 e. The van der Waals surface area contributed by atoms with Crippen molar-refractivity contribution in [2.24, 2.45) is 0 Å². The first-order valence-corrected chi connectivity index (χ1v) is 9.41. The molecule has 0 N–H and O–H groups in total. The number of hydrogen-bond donors (Lipinski definition) is 0. The molecule has 3 aliphatic rings. The Morgan fingerprint density at radius 3 is 2.48 bits per heavy atom. The molecule has 2 fully saturated rings. The number of nitrogens with zero attached hydrogens (tertiary/aromatic N) is 2. The summed E-state index contributed by atoms with van der Waals surface area (Å²) in [5.74, 6) is 0. The number of carbonyl (C=O) groups excluding carboxylic acids is 1. The van der Waals surface area contributed by atoms with E-state index < -0.39 is 5.60 Å². The maximum Gasteiger partial charge on any atom is 0.410 e. The van der Waals surface area contributed by atoms with Gasteiger partial charge in [-0.25, -0.2) is 4.79 Å². The molecule has 0 spiro atoms. The maximum atomic E-state index is 12.5. The van der Waals surface area contributed by atoms with Crippen molar-refractivity contribution in [1.82, 2.24) is 9.80 Å². The zero-order valence-electron chi connectivity index (χ0n) is 16.3. The SMILES string of the molecule is C=C1CC2CN(C(=O)OC(C)(C)C)CC1N2C(C)(C)C1=CCCC=C1. The van der Waals surface area contributed by atoms with Gasteiger partial charge in [0.1, 0.15) is 5.60 Å². The Bertz CT molecular complexity index is 624. The second kappa shape index (κ2) is 6.31. The molecular weight excluding hydrogens is 312 g/mol. The monoisotopic (exact) mass is 344 g/mol. The molecule has 0 aromatic heterocycles. The number of amides is 1. The van der Waals surface area contributed by atoms with E-state index in [2.05, 4.69) is 43.6 Å². The molecular formula is C21H32N2O2. The van der Waals surface area contributed by atoms with Gasteiger partial charge in [0.05, 0.1) is 0 Å². The summed E-state index contributed by atoms with van der Waals surface area (Å²) in [5.41, 5.74) is 2.12. The van der Waals surface area contributed by atoms with Gasteiger partial charge in [0.25, 0.3) is 0 Å². The lowest BCUT2D eigenvalue weighted by Gasteiger charge is -2.49. The van der Waals surface area contributed by atoms with E-state index in [1.807, 2.05) is 25.7 Å². The Labute approximate surface area is 152 Å². The summed E-state index contributed by atoms with van der Waals surface area (Å²) in [4.78, 5) is 17.0. The molecule has 25 heavy (non-hydrogen) atoms. The van der Waals surface area contributed by atoms with Gasteiger partial charge in [-0.2, -0.15) is 0 Å². The Balaban J connectivity index is 1.79. The molecule has 2 atom stereocenters. The van der Waals surface area contributed by atoms with Crippen molar-refractivity contribution in [2.45, 2.75) is 77.1 Å². The Morgan fingerprint density at radius 2 is 1.92 bits per heavy atom. The molecule has 2 bridgehead atoms. The highest BCUT2D eigenvalue weighted by molar-refractivity contribution is 5.68. The quantitative estimate of drug-likeness (QED) is 0.701. The lowest BCUT2D eigenvalue weighted by Crippen LogP contribution is -2.62. The lowest BCUT2D eigenvalue weighted by atomic mass is 9.86. The molecule has 138 valence electrons. The van der Waals surface area contributed by atoms with Gasteiger partial charge in [-0.1, -0.05) is 30.4 Å². The molecule has 2 unspecified atom stereocenters. The van der Waals surface area contributed by atoms with E-state index in [-0.39, 0.29) is 17.7 Å². The molecule has 3 rings (SSSR count). The van der Waals surface area contributed by atoms with E-state index in [1.54, 1.807) is 0 Å². The third kappa shape index (κ3) is 3.55. The Morgan fingerprint density at radius 1 is 1.20 bits per heavy atom. The number of fused-ring (bicyclic) bond motifs is 2. The average molecular weight is 344 g/mol. The summed E-state index contributed by atoms with van der Waals surface area (Å²) < 4.78 is 5.59. The minimum absolute atomic E-state index is 0.0499. The summed E-state index contributed by atoms with van der Waals surface area (Å²) in [7, 11) is 0. The first-order valence-electron chi connectivity index (χ1n) is 9.41. The highest BCUT2D eigenvalue weighted by Gasteiger charge is 2.50. The molecule has 4 heteroatoms. The number of hydrogen-bond acceptors (Lipinski definition) is 3. The highest BCUT2D eigenvalue weighted by atomic mass is 16.6. The summed E-state index contributed by atoms with van der Waals surface area (Å²) in [5, 5.41) is 0. The van der Waals surface area contributed by atoms with Gasteiger partial charge in [0.2, 0.25) is 0 Å². The van der Waals surface area contributed by atoms with Crippen LogP contribution in [-0.2, 0) is 4.74 Å². The fourth-order valence-corrected chi connectivity index (χ4v) is 4.43. The van der Waals surface area contributed by atoms with Gasteiger partial charge in [0, 0.05) is 30.7 Å². The van der Waals surface area contributed by atoms with Gasteiger partial charge < -0.3 is 9.64 Å². The average Bonchev–Trinajstić information content (AvgIpc) is 2.73. The topological polar surface area (TPSA) is 32.8 Å². The van der Waals surface area contributed by atoms with Crippen molar-refractivity contribution in [3.63, 3.8) is 0 Å². The Hall–Kier alpha value is -1.55. The Kier molecular flexibility index (Phi) is 4.61. The van der Waals surface area contributed by atoms with Crippen molar-refractivity contribution in [1.29, 1.82) is 0 Å². The van der Waals surface area contributed by atoms with Crippen LogP contribution in [0.5, 0.6) is 0 Å². The van der Waals surface area contributed by atoms with Crippen molar-refractivity contribution in [3.8, 4) is 0 Å². The standard InChI is InChI=1S/C21H32N2O2/c1-15-12-17-13-22(19(24)25-20(2,3)4)14-18(15)23(17)21(5,6)16-10-8-7-9-11-16/h8,10-11,17-18H,1,7,9,12-14H2,2-6H3. The molecule has 2 aliphatic heterocycles. The van der Waals surface area contributed by atoms with Crippen molar-refractivity contribution in [2.75, 3.05) is 13.1 Å². The molecule has 4 nitrogen and oxygen atoms in total. The molecule has 2 heterocycles. The molecule has 2 saturated heterocycles. The van der Waals surface area contributed by atoms with E-state index >= 15 is 0 Å². The maximum absolute atomic E-state index is 12.5. The van der Waals surface area contributed by atoms with Crippen LogP contribution >= 0.6 is 0 Å². The second-order valence-electron chi connectivity index (χ2n) is 9.02. The lowest BCUT2D eigenvalue weighted by molar-refractivity contribution is -0.0146. The summed E-state index contributed by atoms with van der Waals surface area (Å²) >= 11 is 0. The molecule has 0 aromatic rings. The largest absolute Gasteiger partial charge is 0.444 e. The first-order chi connectivity index (χ1) is 11.6. The number of likely N-dealkylation sites (tertiary alicyclic amines) is 1. The van der Waals surface area contributed by atoms with Crippen LogP contribution in [0, 0.1) is 0 Å². The van der Waals surface area contributed by atoms with E-state index in [9.17, 15) is 4.79 Å². The van der Waals surface area contributed by atoms with Gasteiger partial charge in [-0.3, -0.25) is 4.90 Å². The molecule has 0 aromatic carbocycles. The minimum atomic E-state index is -0.457. The van der Waals surface area contributed by atoms with Gasteiger partial charge in [0.15, 0.2) is 0 Å². The zero-order chi connectivity index (χ0) is 18.4. The summed E-state index contributed by atoms with van der Waals surface area (Å²) in [6.07, 6.45) is 9.91. The predicted molar refractivity (Wildman–Crippen MR) is 102 cm³/mol. The number of rotatable bonds is 2. The highest BCUT2D eigenvalue weighted by Crippen LogP contribution is 2.42. The third-order valence-electron chi connectivity index (χ3n) is 5.52. The molecule has 0 radical (unpaired) electrons. The summed E-state index contributed by atoms with van der Waals surface area (Å²) in [6.45, 7) is 16.1. The fourth-order valence-electron chi connectivity index (χ4n) is 4.43. The van der Waals surface area contributed by atoms with Gasteiger partial charge in [-0.05, 0) is 59.5 Å². The second-order valence-corrected chi connectivity index (χ2v) is 9.02. The van der Waals surface area contributed by atoms with Gasteiger partial charge >= 0.3 is 6.09 Å². The normalized spacial score (nSPS) is 27.5. The van der Waals surface area contributed by atoms with E-state index in [0.717, 1.165) is 19.3 Å². The number of ether oxygens (including phenoxy) is 1. The zero-order valence-corrected chi connectivity index (χ0v) is 16.3. The first kappa shape index (κ1) is 18.2. The third-order valence-corrected chi connectivity index (χ3v) is 5.52. The predicted octanol–water partition coefficient (Wildman–Crippen LogP) is 4.29. The molecule has 0 saturated carbocycles. The van der Waals surface area contributed by atoms with Crippen LogP contribution < -0.4 is 0 Å². The van der Waals surface area contributed by atoms with E-state index in [4.69, 9.17) is 4.74 Å². The van der Waals surface area contributed by atoms with Crippen LogP contribution in [-0.4, -0.2) is 52.2 Å². The van der Waals surface area contributed by atoms with Crippen LogP contribution in [0.4, 0.5) is 4.79 Å². The number of allylic oxidation sites excluding steroid dienone is 2. The van der Waals surface area contributed by atoms with Crippen molar-refractivity contribution < 1.29 is 9.53 Å². The number of piperazine rings is 1. The van der Waals surface area contributed by atoms with E-state index in [1.165, 1.54) is 11.1 Å². The van der Waals surface area contributed by atoms with Crippen molar-refractivity contribution in [3.05, 3.63) is 36.0 Å². The summed E-state index contributed by atoms with van der Waals surface area (Å²) in [6, 6.07) is 0.516. The molecule has 1 amide bonds. The van der Waals surface area contributed by atoms with Crippen LogP contribution in [0.3, 0.4) is 0 Å². The van der Waals surface area contributed by atoms with Gasteiger partial charge in [-0.15, -0.1) is 0 Å². The number of carbonyl (C=O) groups is 1. The van der Waals surface area contributed by atoms with Crippen LogP contribution in [0.15, 0.2) is 36.0 Å². The van der Waals surface area contributed by atoms with Crippen LogP contribution in [0.1, 0.15) is 53.9 Å². The van der Waals surface area contributed by atoms with E-state index in [0.29, 0.717) is 19.1 Å². The molecule has 1 aliphatic carbocycles.